The Morgan fingerprint density at radius 1 is 0.865 bits per heavy atom. The minimum atomic E-state index is -1.10. The van der Waals surface area contributed by atoms with Gasteiger partial charge in [-0.2, -0.15) is 0 Å². The number of para-hydroxylation sites is 1. The number of anilines is 2. The first-order valence-corrected chi connectivity index (χ1v) is 11.9. The van der Waals surface area contributed by atoms with Crippen molar-refractivity contribution in [3.05, 3.63) is 126 Å². The highest BCUT2D eigenvalue weighted by atomic mass is 16.5. The van der Waals surface area contributed by atoms with Gasteiger partial charge in [-0.05, 0) is 35.9 Å². The average Bonchev–Trinajstić information content (AvgIpc) is 3.04. The van der Waals surface area contributed by atoms with Gasteiger partial charge in [-0.1, -0.05) is 78.9 Å². The topological polar surface area (TPSA) is 83.0 Å². The lowest BCUT2D eigenvalue weighted by Crippen LogP contribution is -2.47. The minimum absolute atomic E-state index is 0.335. The lowest BCUT2D eigenvalue weighted by atomic mass is 10.0. The molecule has 4 aromatic carbocycles. The van der Waals surface area contributed by atoms with Crippen LogP contribution in [0.2, 0.25) is 0 Å². The summed E-state index contributed by atoms with van der Waals surface area (Å²) in [5.74, 6) is 0.350. The molecule has 0 saturated carbocycles. The van der Waals surface area contributed by atoms with Crippen molar-refractivity contribution < 1.29 is 14.3 Å². The van der Waals surface area contributed by atoms with Crippen LogP contribution >= 0.6 is 0 Å². The maximum Gasteiger partial charge on any atom is 0.321 e. The van der Waals surface area contributed by atoms with Crippen LogP contribution in [0.15, 0.2) is 114 Å². The third-order valence-corrected chi connectivity index (χ3v) is 6.02. The van der Waals surface area contributed by atoms with Crippen LogP contribution in [0, 0.1) is 0 Å². The number of likely N-dealkylation sites (N-methyl/N-ethyl adjacent to an activating group) is 1. The molecule has 184 valence electrons. The Morgan fingerprint density at radius 2 is 1.51 bits per heavy atom. The van der Waals surface area contributed by atoms with Crippen molar-refractivity contribution in [3.8, 4) is 5.75 Å². The smallest absolute Gasteiger partial charge is 0.321 e. The third kappa shape index (κ3) is 5.51. The molecule has 7 heteroatoms. The van der Waals surface area contributed by atoms with E-state index in [0.29, 0.717) is 23.8 Å². The molecular formula is C30H26N4O3. The van der Waals surface area contributed by atoms with E-state index in [2.05, 4.69) is 10.6 Å². The van der Waals surface area contributed by atoms with Crippen LogP contribution in [0.4, 0.5) is 16.2 Å². The maximum atomic E-state index is 13.3. The Hall–Kier alpha value is -4.91. The number of carbonyl (C=O) groups excluding carboxylic acids is 2. The summed E-state index contributed by atoms with van der Waals surface area (Å²) in [5, 5.41) is 5.50. The number of hydrogen-bond donors (Lipinski definition) is 2. The Bertz CT molecular complexity index is 1420. The van der Waals surface area contributed by atoms with Crippen molar-refractivity contribution in [1.82, 2.24) is 5.32 Å². The first-order chi connectivity index (χ1) is 18.1. The van der Waals surface area contributed by atoms with Crippen LogP contribution < -0.4 is 20.3 Å². The number of aliphatic imine (C=N–C) groups is 1. The van der Waals surface area contributed by atoms with E-state index in [-0.39, 0.29) is 5.91 Å². The van der Waals surface area contributed by atoms with Crippen molar-refractivity contribution in [2.45, 2.75) is 12.8 Å². The molecule has 1 heterocycles. The molecule has 1 aliphatic heterocycles. The van der Waals surface area contributed by atoms with Gasteiger partial charge in [0.25, 0.3) is 5.91 Å². The van der Waals surface area contributed by atoms with Crippen molar-refractivity contribution in [3.63, 3.8) is 0 Å². The highest BCUT2D eigenvalue weighted by Gasteiger charge is 2.30. The zero-order valence-electron chi connectivity index (χ0n) is 20.3. The van der Waals surface area contributed by atoms with Gasteiger partial charge >= 0.3 is 6.03 Å². The number of hydrogen-bond acceptors (Lipinski definition) is 4. The molecule has 7 nitrogen and oxygen atoms in total. The molecule has 0 bridgehead atoms. The van der Waals surface area contributed by atoms with Gasteiger partial charge in [-0.25, -0.2) is 9.79 Å². The SMILES string of the molecule is CN1C(=O)[C@H](NC(=O)Nc2ccc(OCc3ccccc3)cc2)N=C(c2ccccc2)c2ccccc21. The summed E-state index contributed by atoms with van der Waals surface area (Å²) < 4.78 is 5.80. The summed E-state index contributed by atoms with van der Waals surface area (Å²) in [6, 6.07) is 33.6. The molecule has 5 rings (SSSR count). The van der Waals surface area contributed by atoms with E-state index in [9.17, 15) is 9.59 Å². The van der Waals surface area contributed by atoms with Crippen LogP contribution in [0.5, 0.6) is 5.75 Å². The van der Waals surface area contributed by atoms with Crippen LogP contribution in [0.25, 0.3) is 0 Å². The Morgan fingerprint density at radius 3 is 2.24 bits per heavy atom. The maximum absolute atomic E-state index is 13.3. The molecule has 0 saturated heterocycles. The minimum Gasteiger partial charge on any atom is -0.489 e. The number of urea groups is 1. The Balaban J connectivity index is 1.30. The van der Waals surface area contributed by atoms with E-state index in [1.807, 2.05) is 84.9 Å². The number of benzene rings is 4. The quantitative estimate of drug-likeness (QED) is 0.388. The lowest BCUT2D eigenvalue weighted by Gasteiger charge is -2.21. The summed E-state index contributed by atoms with van der Waals surface area (Å²) in [4.78, 5) is 32.4. The number of nitrogens with one attached hydrogen (secondary N) is 2. The molecule has 0 aliphatic carbocycles. The number of fused-ring (bicyclic) bond motifs is 1. The molecule has 0 radical (unpaired) electrons. The monoisotopic (exact) mass is 490 g/mol. The normalized spacial score (nSPS) is 14.7. The summed E-state index contributed by atoms with van der Waals surface area (Å²) >= 11 is 0. The lowest BCUT2D eigenvalue weighted by molar-refractivity contribution is -0.119. The van der Waals surface area contributed by atoms with Gasteiger partial charge in [0.1, 0.15) is 12.4 Å². The predicted molar refractivity (Wildman–Crippen MR) is 145 cm³/mol. The summed E-state index contributed by atoms with van der Waals surface area (Å²) in [7, 11) is 1.69. The van der Waals surface area contributed by atoms with E-state index >= 15 is 0 Å². The zero-order chi connectivity index (χ0) is 25.6. The number of nitrogens with zero attached hydrogens (tertiary/aromatic N) is 2. The van der Waals surface area contributed by atoms with E-state index in [1.165, 1.54) is 4.90 Å². The van der Waals surface area contributed by atoms with E-state index < -0.39 is 12.2 Å². The molecule has 1 aliphatic rings. The van der Waals surface area contributed by atoms with Gasteiger partial charge in [-0.3, -0.25) is 4.79 Å². The van der Waals surface area contributed by atoms with Crippen LogP contribution in [0.1, 0.15) is 16.7 Å². The molecule has 2 N–H and O–H groups in total. The van der Waals surface area contributed by atoms with E-state index in [1.54, 1.807) is 31.3 Å². The Labute approximate surface area is 215 Å². The molecule has 0 fully saturated rings. The molecule has 0 spiro atoms. The van der Waals surface area contributed by atoms with Crippen LogP contribution in [0.3, 0.4) is 0 Å². The third-order valence-electron chi connectivity index (χ3n) is 6.02. The van der Waals surface area contributed by atoms with Crippen molar-refractivity contribution in [2.24, 2.45) is 4.99 Å². The van der Waals surface area contributed by atoms with Gasteiger partial charge in [0.2, 0.25) is 6.17 Å². The number of rotatable bonds is 6. The highest BCUT2D eigenvalue weighted by Crippen LogP contribution is 2.27. The zero-order valence-corrected chi connectivity index (χ0v) is 20.3. The summed E-state index contributed by atoms with van der Waals surface area (Å²) in [6.45, 7) is 0.454. The highest BCUT2D eigenvalue weighted by molar-refractivity contribution is 6.20. The second kappa shape index (κ2) is 10.8. The molecule has 0 aromatic heterocycles. The molecular weight excluding hydrogens is 464 g/mol. The van der Waals surface area contributed by atoms with Crippen molar-refractivity contribution in [2.75, 3.05) is 17.3 Å². The average molecular weight is 491 g/mol. The van der Waals surface area contributed by atoms with Crippen LogP contribution in [-0.2, 0) is 11.4 Å². The fourth-order valence-electron chi connectivity index (χ4n) is 4.11. The van der Waals surface area contributed by atoms with Crippen LogP contribution in [-0.4, -0.2) is 30.9 Å². The molecule has 0 unspecified atom stereocenters. The summed E-state index contributed by atoms with van der Waals surface area (Å²) in [6.07, 6.45) is -1.10. The van der Waals surface area contributed by atoms with Crippen molar-refractivity contribution >= 4 is 29.0 Å². The number of benzodiazepines with no additional fused rings is 1. The second-order valence-electron chi connectivity index (χ2n) is 8.56. The molecule has 4 aromatic rings. The van der Waals surface area contributed by atoms with Gasteiger partial charge in [0.15, 0.2) is 0 Å². The molecule has 37 heavy (non-hydrogen) atoms. The second-order valence-corrected chi connectivity index (χ2v) is 8.56. The van der Waals surface area contributed by atoms with E-state index in [4.69, 9.17) is 9.73 Å². The van der Waals surface area contributed by atoms with Gasteiger partial charge in [0, 0.05) is 23.9 Å². The van der Waals surface area contributed by atoms with Gasteiger partial charge in [-0.15, -0.1) is 0 Å². The fraction of sp³-hybridized carbons (Fsp3) is 0.100. The summed E-state index contributed by atoms with van der Waals surface area (Å²) in [5.41, 5.74) is 4.68. The number of carbonyl (C=O) groups is 2. The number of ether oxygens (including phenoxy) is 1. The first-order valence-electron chi connectivity index (χ1n) is 11.9. The first kappa shape index (κ1) is 23.8. The van der Waals surface area contributed by atoms with Crippen molar-refractivity contribution in [1.29, 1.82) is 0 Å². The Kier molecular flexibility index (Phi) is 6.94. The molecule has 1 atom stereocenters. The standard InChI is InChI=1S/C30H26N4O3/c1-34-26-15-9-8-14-25(26)27(22-12-6-3-7-13-22)32-28(29(34)35)33-30(36)31-23-16-18-24(19-17-23)37-20-21-10-4-2-5-11-21/h2-19,28H,20H2,1H3,(H2,31,33,36)/t28-/m0/s1. The van der Waals surface area contributed by atoms with Gasteiger partial charge in [0.05, 0.1) is 11.4 Å². The van der Waals surface area contributed by atoms with Gasteiger partial charge < -0.3 is 20.3 Å². The number of amides is 3. The molecule has 3 amide bonds. The van der Waals surface area contributed by atoms with E-state index in [0.717, 1.165) is 22.4 Å². The predicted octanol–water partition coefficient (Wildman–Crippen LogP) is 5.23. The largest absolute Gasteiger partial charge is 0.489 e. The fourth-order valence-corrected chi connectivity index (χ4v) is 4.11.